The number of benzene rings is 2. The Hall–Kier alpha value is -2.20. The van der Waals surface area contributed by atoms with Gasteiger partial charge in [-0.15, -0.1) is 0 Å². The molecule has 0 aliphatic carbocycles. The van der Waals surface area contributed by atoms with E-state index < -0.39 is 5.97 Å². The van der Waals surface area contributed by atoms with Gasteiger partial charge in [0.2, 0.25) is 0 Å². The van der Waals surface area contributed by atoms with Crippen LogP contribution < -0.4 is 4.74 Å². The molecule has 3 nitrogen and oxygen atoms in total. The first-order valence-electron chi connectivity index (χ1n) is 5.89. The molecule has 2 aromatic carbocycles. The molecule has 100 valence electrons. The maximum Gasteiger partial charge on any atom is 0.336 e. The van der Waals surface area contributed by atoms with Gasteiger partial charge < -0.3 is 4.74 Å². The molecule has 0 atom stereocenters. The molecule has 0 amide bonds. The van der Waals surface area contributed by atoms with Crippen LogP contribution >= 0.6 is 15.9 Å². The van der Waals surface area contributed by atoms with Crippen LogP contribution in [0.3, 0.4) is 0 Å². The van der Waals surface area contributed by atoms with Crippen molar-refractivity contribution >= 4 is 34.3 Å². The third-order valence-corrected chi connectivity index (χ3v) is 3.01. The van der Waals surface area contributed by atoms with Crippen LogP contribution in [-0.4, -0.2) is 12.3 Å². The summed E-state index contributed by atoms with van der Waals surface area (Å²) in [4.78, 5) is 22.6. The number of aldehydes is 1. The van der Waals surface area contributed by atoms with E-state index in [0.29, 0.717) is 11.8 Å². The molecule has 2 rings (SSSR count). The second-order valence-corrected chi connectivity index (χ2v) is 4.88. The zero-order valence-corrected chi connectivity index (χ0v) is 12.0. The normalized spacial score (nSPS) is 10.4. The molecule has 0 aliphatic heterocycles. The van der Waals surface area contributed by atoms with Gasteiger partial charge >= 0.3 is 5.97 Å². The van der Waals surface area contributed by atoms with Crippen molar-refractivity contribution in [2.75, 3.05) is 0 Å². The molecule has 0 unspecified atom stereocenters. The molecule has 0 spiro atoms. The van der Waals surface area contributed by atoms with E-state index in [9.17, 15) is 9.59 Å². The molecular weight excluding hydrogens is 320 g/mol. The van der Waals surface area contributed by atoms with E-state index in [4.69, 9.17) is 4.74 Å². The van der Waals surface area contributed by atoms with E-state index in [1.54, 1.807) is 24.3 Å². The van der Waals surface area contributed by atoms with Crippen LogP contribution in [0, 0.1) is 0 Å². The molecule has 20 heavy (non-hydrogen) atoms. The summed E-state index contributed by atoms with van der Waals surface area (Å²) < 4.78 is 5.88. The summed E-state index contributed by atoms with van der Waals surface area (Å²) in [6.07, 6.45) is 3.63. The minimum Gasteiger partial charge on any atom is -0.423 e. The minimum absolute atomic E-state index is 0.242. The number of ether oxygens (including phenoxy) is 1. The van der Waals surface area contributed by atoms with Gasteiger partial charge in [-0.05, 0) is 29.8 Å². The van der Waals surface area contributed by atoms with Gasteiger partial charge in [-0.1, -0.05) is 46.3 Å². The Kier molecular flexibility index (Phi) is 4.85. The molecule has 0 fully saturated rings. The molecule has 0 aliphatic rings. The number of halogens is 1. The molecule has 0 aromatic heterocycles. The van der Waals surface area contributed by atoms with Gasteiger partial charge in [-0.2, -0.15) is 0 Å². The standard InChI is InChI=1S/C16H11BrO3/c17-14-7-8-15(13(10-14)11-18)20-16(19)9-6-12-4-2-1-3-5-12/h1-11H/b9-6+. The highest BCUT2D eigenvalue weighted by Crippen LogP contribution is 2.21. The molecule has 0 bridgehead atoms. The summed E-state index contributed by atoms with van der Waals surface area (Å²) in [5.74, 6) is -0.287. The largest absolute Gasteiger partial charge is 0.423 e. The van der Waals surface area contributed by atoms with Gasteiger partial charge in [-0.25, -0.2) is 4.79 Å². The first-order chi connectivity index (χ1) is 9.69. The molecule has 0 heterocycles. The van der Waals surface area contributed by atoms with Gasteiger partial charge in [0.1, 0.15) is 5.75 Å². The van der Waals surface area contributed by atoms with Gasteiger partial charge in [0, 0.05) is 10.5 Å². The van der Waals surface area contributed by atoms with Gasteiger partial charge in [0.05, 0.1) is 5.56 Å². The monoisotopic (exact) mass is 330 g/mol. The third-order valence-electron chi connectivity index (χ3n) is 2.52. The molecule has 0 N–H and O–H groups in total. The van der Waals surface area contributed by atoms with Crippen LogP contribution in [0.4, 0.5) is 0 Å². The van der Waals surface area contributed by atoms with E-state index in [1.165, 1.54) is 6.08 Å². The van der Waals surface area contributed by atoms with Crippen molar-refractivity contribution in [2.24, 2.45) is 0 Å². The lowest BCUT2D eigenvalue weighted by atomic mass is 10.2. The van der Waals surface area contributed by atoms with Crippen LogP contribution in [0.2, 0.25) is 0 Å². The van der Waals surface area contributed by atoms with Crippen molar-refractivity contribution < 1.29 is 14.3 Å². The summed E-state index contributed by atoms with van der Waals surface area (Å²) in [5.41, 5.74) is 1.22. The fourth-order valence-corrected chi connectivity index (χ4v) is 1.95. The van der Waals surface area contributed by atoms with E-state index in [0.717, 1.165) is 10.0 Å². The van der Waals surface area contributed by atoms with Gasteiger partial charge in [0.25, 0.3) is 0 Å². The topological polar surface area (TPSA) is 43.4 Å². The Labute approximate surface area is 125 Å². The Bertz CT molecular complexity index is 648. The summed E-state index contributed by atoms with van der Waals surface area (Å²) in [6.45, 7) is 0. The summed E-state index contributed by atoms with van der Waals surface area (Å²) >= 11 is 3.25. The zero-order valence-electron chi connectivity index (χ0n) is 10.5. The van der Waals surface area contributed by atoms with Crippen molar-refractivity contribution in [1.82, 2.24) is 0 Å². The van der Waals surface area contributed by atoms with Gasteiger partial charge in [-0.3, -0.25) is 4.79 Å². The number of hydrogen-bond acceptors (Lipinski definition) is 3. The quantitative estimate of drug-likeness (QED) is 0.370. The Morgan fingerprint density at radius 3 is 2.55 bits per heavy atom. The molecule has 0 saturated carbocycles. The lowest BCUT2D eigenvalue weighted by Crippen LogP contribution is -2.05. The highest BCUT2D eigenvalue weighted by atomic mass is 79.9. The van der Waals surface area contributed by atoms with Crippen molar-refractivity contribution in [1.29, 1.82) is 0 Å². The lowest BCUT2D eigenvalue weighted by Gasteiger charge is -2.04. The van der Waals surface area contributed by atoms with Crippen LogP contribution in [-0.2, 0) is 4.79 Å². The highest BCUT2D eigenvalue weighted by Gasteiger charge is 2.07. The van der Waals surface area contributed by atoms with Crippen LogP contribution in [0.1, 0.15) is 15.9 Å². The Balaban J connectivity index is 2.09. The summed E-state index contributed by atoms with van der Waals surface area (Å²) in [7, 11) is 0. The first-order valence-corrected chi connectivity index (χ1v) is 6.68. The fraction of sp³-hybridized carbons (Fsp3) is 0. The zero-order chi connectivity index (χ0) is 14.4. The number of carbonyl (C=O) groups excluding carboxylic acids is 2. The second kappa shape index (κ2) is 6.82. The van der Waals surface area contributed by atoms with Crippen molar-refractivity contribution in [2.45, 2.75) is 0 Å². The SMILES string of the molecule is O=Cc1cc(Br)ccc1OC(=O)/C=C/c1ccccc1. The predicted molar refractivity (Wildman–Crippen MR) is 80.6 cm³/mol. The molecule has 0 radical (unpaired) electrons. The predicted octanol–water partition coefficient (Wildman–Crippen LogP) is 3.88. The van der Waals surface area contributed by atoms with Crippen LogP contribution in [0.5, 0.6) is 5.75 Å². The maximum atomic E-state index is 11.7. The Morgan fingerprint density at radius 2 is 1.85 bits per heavy atom. The second-order valence-electron chi connectivity index (χ2n) is 3.97. The van der Waals surface area contributed by atoms with Crippen LogP contribution in [0.15, 0.2) is 59.1 Å². The van der Waals surface area contributed by atoms with E-state index in [2.05, 4.69) is 15.9 Å². The highest BCUT2D eigenvalue weighted by molar-refractivity contribution is 9.10. The minimum atomic E-state index is -0.528. The van der Waals surface area contributed by atoms with E-state index >= 15 is 0 Å². The summed E-state index contributed by atoms with van der Waals surface area (Å²) in [6, 6.07) is 14.3. The molecular formula is C16H11BrO3. The van der Waals surface area contributed by atoms with Crippen molar-refractivity contribution in [3.8, 4) is 5.75 Å². The van der Waals surface area contributed by atoms with Crippen molar-refractivity contribution in [3.05, 3.63) is 70.2 Å². The number of carbonyl (C=O) groups is 2. The van der Waals surface area contributed by atoms with E-state index in [-0.39, 0.29) is 5.75 Å². The molecule has 4 heteroatoms. The van der Waals surface area contributed by atoms with E-state index in [1.807, 2.05) is 30.3 Å². The smallest absolute Gasteiger partial charge is 0.336 e. The maximum absolute atomic E-state index is 11.7. The third kappa shape index (κ3) is 3.90. The lowest BCUT2D eigenvalue weighted by molar-refractivity contribution is -0.128. The molecule has 0 saturated heterocycles. The fourth-order valence-electron chi connectivity index (χ4n) is 1.58. The average molecular weight is 331 g/mol. The van der Waals surface area contributed by atoms with Gasteiger partial charge in [0.15, 0.2) is 6.29 Å². The Morgan fingerprint density at radius 1 is 1.10 bits per heavy atom. The number of rotatable bonds is 4. The first kappa shape index (κ1) is 14.2. The summed E-state index contributed by atoms with van der Waals surface area (Å²) in [5, 5.41) is 0. The number of esters is 1. The van der Waals surface area contributed by atoms with Crippen LogP contribution in [0.25, 0.3) is 6.08 Å². The molecule has 2 aromatic rings. The average Bonchev–Trinajstić information content (AvgIpc) is 2.48. The number of hydrogen-bond donors (Lipinski definition) is 0. The van der Waals surface area contributed by atoms with Crippen molar-refractivity contribution in [3.63, 3.8) is 0 Å².